The highest BCUT2D eigenvalue weighted by atomic mass is 32.2. The molecule has 18 heavy (non-hydrogen) atoms. The van der Waals surface area contributed by atoms with E-state index < -0.39 is 9.84 Å². The molecule has 1 aliphatic rings. The molecule has 1 fully saturated rings. The summed E-state index contributed by atoms with van der Waals surface area (Å²) >= 11 is 0. The third-order valence-electron chi connectivity index (χ3n) is 3.45. The maximum absolute atomic E-state index is 11.5. The Morgan fingerprint density at radius 3 is 3.06 bits per heavy atom. The van der Waals surface area contributed by atoms with Gasteiger partial charge >= 0.3 is 0 Å². The molecule has 2 N–H and O–H groups in total. The zero-order chi connectivity index (χ0) is 13.0. The van der Waals surface area contributed by atoms with Gasteiger partial charge in [-0.1, -0.05) is 0 Å². The number of rotatable bonds is 5. The normalized spacial score (nSPS) is 23.1. The molecule has 0 radical (unpaired) electrons. The van der Waals surface area contributed by atoms with Crippen LogP contribution in [0.15, 0.2) is 6.20 Å². The van der Waals surface area contributed by atoms with Crippen molar-refractivity contribution in [3.8, 4) is 0 Å². The van der Waals surface area contributed by atoms with Gasteiger partial charge in [0.1, 0.15) is 0 Å². The second-order valence-electron chi connectivity index (χ2n) is 5.03. The molecular formula is C12H21N3O2S. The molecule has 0 saturated carbocycles. The molecule has 5 nitrogen and oxygen atoms in total. The number of H-pyrrole nitrogens is 1. The van der Waals surface area contributed by atoms with Crippen molar-refractivity contribution in [3.63, 3.8) is 0 Å². The summed E-state index contributed by atoms with van der Waals surface area (Å²) in [6.45, 7) is 2.88. The van der Waals surface area contributed by atoms with E-state index in [1.54, 1.807) is 0 Å². The Kier molecular flexibility index (Phi) is 4.40. The van der Waals surface area contributed by atoms with Crippen LogP contribution in [0, 0.1) is 6.92 Å². The highest BCUT2D eigenvalue weighted by Gasteiger charge is 2.23. The van der Waals surface area contributed by atoms with Crippen molar-refractivity contribution in [2.45, 2.75) is 38.6 Å². The zero-order valence-electron chi connectivity index (χ0n) is 10.8. The molecule has 2 heterocycles. The second kappa shape index (κ2) is 5.84. The monoisotopic (exact) mass is 271 g/mol. The van der Waals surface area contributed by atoms with E-state index in [2.05, 4.69) is 15.5 Å². The number of hydrogen-bond acceptors (Lipinski definition) is 4. The summed E-state index contributed by atoms with van der Waals surface area (Å²) in [6, 6.07) is 0.147. The molecule has 2 rings (SSSR count). The SMILES string of the molecule is Cc1[nH]ncc1CCCNC1CCCS(=O)(=O)C1. The standard InChI is InChI=1S/C12H21N3O2S/c1-10-11(8-14-15-10)4-2-6-13-12-5-3-7-18(16,17)9-12/h8,12-13H,2-7,9H2,1H3,(H,14,15). The number of aryl methyl sites for hydroxylation is 2. The molecule has 1 aromatic rings. The van der Waals surface area contributed by atoms with Crippen LogP contribution in [0.5, 0.6) is 0 Å². The molecule has 1 atom stereocenters. The molecule has 0 spiro atoms. The van der Waals surface area contributed by atoms with Crippen LogP contribution in [0.1, 0.15) is 30.5 Å². The van der Waals surface area contributed by atoms with E-state index in [1.165, 1.54) is 5.56 Å². The number of hydrogen-bond donors (Lipinski definition) is 2. The van der Waals surface area contributed by atoms with Gasteiger partial charge in [0.25, 0.3) is 0 Å². The Morgan fingerprint density at radius 2 is 2.39 bits per heavy atom. The lowest BCUT2D eigenvalue weighted by Crippen LogP contribution is -2.40. The van der Waals surface area contributed by atoms with Gasteiger partial charge < -0.3 is 5.32 Å². The van der Waals surface area contributed by atoms with Gasteiger partial charge in [-0.15, -0.1) is 0 Å². The molecule has 1 saturated heterocycles. The van der Waals surface area contributed by atoms with E-state index in [-0.39, 0.29) is 6.04 Å². The van der Waals surface area contributed by atoms with E-state index in [0.717, 1.165) is 37.9 Å². The third kappa shape index (κ3) is 3.81. The fourth-order valence-electron chi connectivity index (χ4n) is 2.40. The van der Waals surface area contributed by atoms with Crippen molar-refractivity contribution >= 4 is 9.84 Å². The van der Waals surface area contributed by atoms with Crippen LogP contribution in [0.4, 0.5) is 0 Å². The lowest BCUT2D eigenvalue weighted by Gasteiger charge is -2.23. The molecule has 102 valence electrons. The Morgan fingerprint density at radius 1 is 1.56 bits per heavy atom. The van der Waals surface area contributed by atoms with Crippen molar-refractivity contribution in [1.82, 2.24) is 15.5 Å². The van der Waals surface area contributed by atoms with Gasteiger partial charge in [0.2, 0.25) is 0 Å². The first kappa shape index (κ1) is 13.5. The van der Waals surface area contributed by atoms with E-state index in [4.69, 9.17) is 0 Å². The highest BCUT2D eigenvalue weighted by molar-refractivity contribution is 7.91. The largest absolute Gasteiger partial charge is 0.313 e. The van der Waals surface area contributed by atoms with Crippen molar-refractivity contribution < 1.29 is 8.42 Å². The van der Waals surface area contributed by atoms with Crippen LogP contribution in [0.2, 0.25) is 0 Å². The van der Waals surface area contributed by atoms with E-state index in [1.807, 2.05) is 13.1 Å². The Balaban J connectivity index is 1.68. The predicted octanol–water partition coefficient (Wildman–Crippen LogP) is 0.818. The lowest BCUT2D eigenvalue weighted by atomic mass is 10.1. The summed E-state index contributed by atoms with van der Waals surface area (Å²) in [5, 5.41) is 10.3. The summed E-state index contributed by atoms with van der Waals surface area (Å²) in [6.07, 6.45) is 5.62. The Hall–Kier alpha value is -0.880. The van der Waals surface area contributed by atoms with Gasteiger partial charge in [-0.3, -0.25) is 5.10 Å². The van der Waals surface area contributed by atoms with Crippen molar-refractivity contribution in [2.24, 2.45) is 0 Å². The minimum Gasteiger partial charge on any atom is -0.313 e. The van der Waals surface area contributed by atoms with Crippen LogP contribution in [0.25, 0.3) is 0 Å². The Bertz CT molecular complexity index is 481. The summed E-state index contributed by atoms with van der Waals surface area (Å²) in [5.74, 6) is 0.664. The van der Waals surface area contributed by atoms with Gasteiger partial charge in [-0.25, -0.2) is 8.42 Å². The molecule has 0 aromatic carbocycles. The quantitative estimate of drug-likeness (QED) is 0.777. The van der Waals surface area contributed by atoms with Crippen molar-refractivity contribution in [3.05, 3.63) is 17.5 Å². The first-order valence-electron chi connectivity index (χ1n) is 6.49. The topological polar surface area (TPSA) is 74.8 Å². The highest BCUT2D eigenvalue weighted by Crippen LogP contribution is 2.12. The average Bonchev–Trinajstić information content (AvgIpc) is 2.69. The van der Waals surface area contributed by atoms with Crippen LogP contribution < -0.4 is 5.32 Å². The van der Waals surface area contributed by atoms with E-state index >= 15 is 0 Å². The first-order valence-corrected chi connectivity index (χ1v) is 8.31. The van der Waals surface area contributed by atoms with E-state index in [9.17, 15) is 8.42 Å². The fourth-order valence-corrected chi connectivity index (χ4v) is 4.07. The molecule has 0 bridgehead atoms. The van der Waals surface area contributed by atoms with Gasteiger partial charge in [0.05, 0.1) is 17.7 Å². The van der Waals surface area contributed by atoms with Gasteiger partial charge in [0.15, 0.2) is 9.84 Å². The Labute approximate surface area is 108 Å². The zero-order valence-corrected chi connectivity index (χ0v) is 11.6. The molecule has 1 aliphatic heterocycles. The number of nitrogens with zero attached hydrogens (tertiary/aromatic N) is 1. The molecule has 0 amide bonds. The summed E-state index contributed by atoms with van der Waals surface area (Å²) in [5.41, 5.74) is 2.36. The summed E-state index contributed by atoms with van der Waals surface area (Å²) in [4.78, 5) is 0. The van der Waals surface area contributed by atoms with Crippen molar-refractivity contribution in [2.75, 3.05) is 18.1 Å². The van der Waals surface area contributed by atoms with Gasteiger partial charge in [-0.2, -0.15) is 5.10 Å². The molecule has 0 aliphatic carbocycles. The van der Waals surface area contributed by atoms with Crippen LogP contribution in [0.3, 0.4) is 0 Å². The first-order chi connectivity index (χ1) is 8.57. The predicted molar refractivity (Wildman–Crippen MR) is 71.3 cm³/mol. The molecule has 1 aromatic heterocycles. The lowest BCUT2D eigenvalue weighted by molar-refractivity contribution is 0.476. The van der Waals surface area contributed by atoms with Crippen LogP contribution >= 0.6 is 0 Å². The smallest absolute Gasteiger partial charge is 0.151 e. The summed E-state index contributed by atoms with van der Waals surface area (Å²) < 4.78 is 22.9. The maximum atomic E-state index is 11.5. The number of aromatic amines is 1. The minimum atomic E-state index is -2.80. The fraction of sp³-hybridized carbons (Fsp3) is 0.750. The number of sulfone groups is 1. The van der Waals surface area contributed by atoms with Gasteiger partial charge in [0, 0.05) is 11.7 Å². The summed E-state index contributed by atoms with van der Waals surface area (Å²) in [7, 11) is -2.80. The second-order valence-corrected chi connectivity index (χ2v) is 7.26. The van der Waals surface area contributed by atoms with E-state index in [0.29, 0.717) is 11.5 Å². The maximum Gasteiger partial charge on any atom is 0.151 e. The van der Waals surface area contributed by atoms with Gasteiger partial charge in [-0.05, 0) is 44.7 Å². The average molecular weight is 271 g/mol. The number of nitrogens with one attached hydrogen (secondary N) is 2. The minimum absolute atomic E-state index is 0.147. The third-order valence-corrected chi connectivity index (χ3v) is 5.27. The van der Waals surface area contributed by atoms with Crippen LogP contribution in [-0.2, 0) is 16.3 Å². The molecular weight excluding hydrogens is 250 g/mol. The molecule has 1 unspecified atom stereocenters. The molecule has 6 heteroatoms. The van der Waals surface area contributed by atoms with Crippen LogP contribution in [-0.4, -0.2) is 42.7 Å². The number of aromatic nitrogens is 2. The van der Waals surface area contributed by atoms with Crippen molar-refractivity contribution in [1.29, 1.82) is 0 Å².